The predicted molar refractivity (Wildman–Crippen MR) is 127 cm³/mol. The molecule has 5 rings (SSSR count). The van der Waals surface area contributed by atoms with E-state index in [0.29, 0.717) is 47.3 Å². The van der Waals surface area contributed by atoms with Gasteiger partial charge in [-0.05, 0) is 26.0 Å². The smallest absolute Gasteiger partial charge is 0.260 e. The summed E-state index contributed by atoms with van der Waals surface area (Å²) in [4.78, 5) is 27.0. The van der Waals surface area contributed by atoms with E-state index in [2.05, 4.69) is 20.3 Å². The van der Waals surface area contributed by atoms with E-state index in [1.54, 1.807) is 22.1 Å². The van der Waals surface area contributed by atoms with Gasteiger partial charge in [0.2, 0.25) is 0 Å². The lowest BCUT2D eigenvalue weighted by Gasteiger charge is -2.25. The minimum Gasteiger partial charge on any atom is -0.374 e. The standard InChI is InChI=1S/C23H22ClN5O2S/c1-13-26-9-16-7-19(18-4-3-15(8-20(18)24)21-12-32-14(2)28-21)23(30)29(22(16)27-13)11-17-10-25-5-6-31-17/h3-4,7-9,12,17,25H,5-6,10-11H2,1-2H3/t17-/m1/s1. The molecule has 0 saturated carbocycles. The monoisotopic (exact) mass is 467 g/mol. The van der Waals surface area contributed by atoms with Crippen molar-refractivity contribution in [3.8, 4) is 22.4 Å². The minimum atomic E-state index is -0.149. The van der Waals surface area contributed by atoms with E-state index in [-0.39, 0.29) is 11.7 Å². The van der Waals surface area contributed by atoms with Crippen LogP contribution in [0.3, 0.4) is 0 Å². The number of nitrogens with zero attached hydrogens (tertiary/aromatic N) is 4. The summed E-state index contributed by atoms with van der Waals surface area (Å²) >= 11 is 8.27. The number of ether oxygens (including phenoxy) is 1. The van der Waals surface area contributed by atoms with Gasteiger partial charge in [0.1, 0.15) is 11.5 Å². The molecular formula is C23H22ClN5O2S. The molecule has 1 fully saturated rings. The third kappa shape index (κ3) is 4.06. The molecule has 164 valence electrons. The van der Waals surface area contributed by atoms with Gasteiger partial charge in [-0.1, -0.05) is 23.7 Å². The molecule has 1 N–H and O–H groups in total. The lowest BCUT2D eigenvalue weighted by atomic mass is 10.0. The molecule has 1 atom stereocenters. The van der Waals surface area contributed by atoms with Crippen molar-refractivity contribution in [3.63, 3.8) is 0 Å². The van der Waals surface area contributed by atoms with Crippen LogP contribution in [0.1, 0.15) is 10.8 Å². The normalized spacial score (nSPS) is 16.5. The first-order valence-corrected chi connectivity index (χ1v) is 11.7. The van der Waals surface area contributed by atoms with Crippen LogP contribution < -0.4 is 10.9 Å². The number of pyridine rings is 1. The second-order valence-electron chi connectivity index (χ2n) is 7.81. The van der Waals surface area contributed by atoms with Crippen LogP contribution >= 0.6 is 22.9 Å². The van der Waals surface area contributed by atoms with Gasteiger partial charge in [0.05, 0.1) is 30.0 Å². The Labute approximate surface area is 194 Å². The number of aromatic nitrogens is 4. The van der Waals surface area contributed by atoms with Crippen molar-refractivity contribution in [1.82, 2.24) is 24.8 Å². The molecule has 4 heterocycles. The number of morpholine rings is 1. The van der Waals surface area contributed by atoms with Gasteiger partial charge < -0.3 is 10.1 Å². The van der Waals surface area contributed by atoms with E-state index >= 15 is 0 Å². The van der Waals surface area contributed by atoms with E-state index in [4.69, 9.17) is 16.3 Å². The zero-order valence-electron chi connectivity index (χ0n) is 17.8. The van der Waals surface area contributed by atoms with Crippen LogP contribution in [0.5, 0.6) is 0 Å². The summed E-state index contributed by atoms with van der Waals surface area (Å²) in [5, 5.41) is 7.59. The summed E-state index contributed by atoms with van der Waals surface area (Å²) in [5.74, 6) is 0.613. The first-order chi connectivity index (χ1) is 15.5. The molecule has 1 aliphatic rings. The molecule has 3 aromatic heterocycles. The number of hydrogen-bond acceptors (Lipinski definition) is 7. The molecule has 0 radical (unpaired) electrons. The first-order valence-electron chi connectivity index (χ1n) is 10.4. The second kappa shape index (κ2) is 8.71. The highest BCUT2D eigenvalue weighted by atomic mass is 35.5. The third-order valence-corrected chi connectivity index (χ3v) is 6.60. The summed E-state index contributed by atoms with van der Waals surface area (Å²) in [6, 6.07) is 7.51. The van der Waals surface area contributed by atoms with Crippen LogP contribution in [-0.4, -0.2) is 45.3 Å². The van der Waals surface area contributed by atoms with E-state index < -0.39 is 0 Å². The van der Waals surface area contributed by atoms with Crippen LogP contribution in [0.15, 0.2) is 40.6 Å². The van der Waals surface area contributed by atoms with Crippen molar-refractivity contribution in [1.29, 1.82) is 0 Å². The zero-order chi connectivity index (χ0) is 22.2. The molecule has 1 saturated heterocycles. The van der Waals surface area contributed by atoms with Gasteiger partial charge in [-0.2, -0.15) is 0 Å². The molecule has 0 bridgehead atoms. The summed E-state index contributed by atoms with van der Waals surface area (Å²) in [6.07, 6.45) is 1.64. The number of benzene rings is 1. The van der Waals surface area contributed by atoms with Crippen LogP contribution in [0, 0.1) is 13.8 Å². The number of hydrogen-bond donors (Lipinski definition) is 1. The fourth-order valence-corrected chi connectivity index (χ4v) is 4.84. The maximum absolute atomic E-state index is 13.6. The van der Waals surface area contributed by atoms with Crippen molar-refractivity contribution < 1.29 is 4.74 Å². The Hall–Kier alpha value is -2.65. The number of halogens is 1. The lowest BCUT2D eigenvalue weighted by molar-refractivity contribution is 0.0183. The SMILES string of the molecule is Cc1ncc2cc(-c3ccc(-c4csc(C)n4)cc3Cl)c(=O)n(C[C@H]3CNCCO3)c2n1. The van der Waals surface area contributed by atoms with Gasteiger partial charge in [-0.15, -0.1) is 11.3 Å². The van der Waals surface area contributed by atoms with E-state index in [1.807, 2.05) is 43.5 Å². The van der Waals surface area contributed by atoms with Gasteiger partial charge in [-0.3, -0.25) is 9.36 Å². The lowest BCUT2D eigenvalue weighted by Crippen LogP contribution is -2.42. The highest BCUT2D eigenvalue weighted by Gasteiger charge is 2.20. The molecule has 9 heteroatoms. The Balaban J connectivity index is 1.63. The highest BCUT2D eigenvalue weighted by molar-refractivity contribution is 7.09. The average molecular weight is 468 g/mol. The number of aryl methyl sites for hydroxylation is 2. The van der Waals surface area contributed by atoms with E-state index in [0.717, 1.165) is 28.2 Å². The van der Waals surface area contributed by atoms with Crippen molar-refractivity contribution >= 4 is 34.0 Å². The quantitative estimate of drug-likeness (QED) is 0.491. The highest BCUT2D eigenvalue weighted by Crippen LogP contribution is 2.32. The maximum Gasteiger partial charge on any atom is 0.260 e. The predicted octanol–water partition coefficient (Wildman–Crippen LogP) is 3.84. The fraction of sp³-hybridized carbons (Fsp3) is 0.304. The Morgan fingerprint density at radius 1 is 1.25 bits per heavy atom. The molecule has 4 aromatic rings. The van der Waals surface area contributed by atoms with Crippen LogP contribution in [-0.2, 0) is 11.3 Å². The van der Waals surface area contributed by atoms with Gasteiger partial charge in [0, 0.05) is 51.8 Å². The molecule has 0 unspecified atom stereocenters. The molecular weight excluding hydrogens is 446 g/mol. The molecule has 7 nitrogen and oxygen atoms in total. The van der Waals surface area contributed by atoms with Gasteiger partial charge >= 0.3 is 0 Å². The number of rotatable bonds is 4. The van der Waals surface area contributed by atoms with Crippen LogP contribution in [0.25, 0.3) is 33.4 Å². The Kier molecular flexibility index (Phi) is 5.77. The Morgan fingerprint density at radius 3 is 2.84 bits per heavy atom. The van der Waals surface area contributed by atoms with Crippen LogP contribution in [0.4, 0.5) is 0 Å². The van der Waals surface area contributed by atoms with E-state index in [9.17, 15) is 4.79 Å². The third-order valence-electron chi connectivity index (χ3n) is 5.51. The largest absolute Gasteiger partial charge is 0.374 e. The molecule has 0 aliphatic carbocycles. The van der Waals surface area contributed by atoms with Gasteiger partial charge in [0.15, 0.2) is 0 Å². The Morgan fingerprint density at radius 2 is 2.12 bits per heavy atom. The van der Waals surface area contributed by atoms with Crippen molar-refractivity contribution in [2.24, 2.45) is 0 Å². The molecule has 1 aromatic carbocycles. The van der Waals surface area contributed by atoms with Crippen molar-refractivity contribution in [2.45, 2.75) is 26.5 Å². The number of nitrogens with one attached hydrogen (secondary N) is 1. The second-order valence-corrected chi connectivity index (χ2v) is 9.28. The number of thiazole rings is 1. The minimum absolute atomic E-state index is 0.110. The van der Waals surface area contributed by atoms with Gasteiger partial charge in [-0.25, -0.2) is 15.0 Å². The van der Waals surface area contributed by atoms with Crippen molar-refractivity contribution in [3.05, 3.63) is 62.1 Å². The van der Waals surface area contributed by atoms with Crippen molar-refractivity contribution in [2.75, 3.05) is 19.7 Å². The Bertz CT molecular complexity index is 1360. The zero-order valence-corrected chi connectivity index (χ0v) is 19.3. The summed E-state index contributed by atoms with van der Waals surface area (Å²) in [5.41, 5.74) is 3.44. The fourth-order valence-electron chi connectivity index (χ4n) is 3.94. The topological polar surface area (TPSA) is 81.9 Å². The molecule has 0 amide bonds. The maximum atomic E-state index is 13.6. The average Bonchev–Trinajstić information content (AvgIpc) is 3.23. The molecule has 0 spiro atoms. The van der Waals surface area contributed by atoms with Gasteiger partial charge in [0.25, 0.3) is 5.56 Å². The molecule has 1 aliphatic heterocycles. The first kappa shape index (κ1) is 21.2. The summed E-state index contributed by atoms with van der Waals surface area (Å²) in [7, 11) is 0. The molecule has 32 heavy (non-hydrogen) atoms. The van der Waals surface area contributed by atoms with E-state index in [1.165, 1.54) is 0 Å². The van der Waals surface area contributed by atoms with Crippen LogP contribution in [0.2, 0.25) is 5.02 Å². The number of fused-ring (bicyclic) bond motifs is 1. The summed E-state index contributed by atoms with van der Waals surface area (Å²) < 4.78 is 7.54. The summed E-state index contributed by atoms with van der Waals surface area (Å²) in [6.45, 7) is 6.31.